The van der Waals surface area contributed by atoms with Crippen LogP contribution in [0.25, 0.3) is 0 Å². The first-order chi connectivity index (χ1) is 4.87. The number of amides is 1. The maximum Gasteiger partial charge on any atom is 0.326 e. The van der Waals surface area contributed by atoms with Crippen LogP contribution in [0.15, 0.2) is 0 Å². The Hall–Kier alpha value is 0.980. The summed E-state index contributed by atoms with van der Waals surface area (Å²) in [4.78, 5) is 10.5. The zero-order chi connectivity index (χ0) is 9.07. The monoisotopic (exact) mass is 255 g/mol. The predicted molar refractivity (Wildman–Crippen MR) is 51.5 cm³/mol. The van der Waals surface area contributed by atoms with Crippen molar-refractivity contribution in [3.8, 4) is 0 Å². The summed E-state index contributed by atoms with van der Waals surface area (Å²) in [6.07, 6.45) is 0. The molecule has 0 unspecified atom stereocenters. The molecule has 0 N–H and O–H groups in total. The van der Waals surface area contributed by atoms with Crippen molar-refractivity contribution in [3.05, 3.63) is 0 Å². The molecule has 0 aromatic heterocycles. The molecule has 0 saturated heterocycles. The topological polar surface area (TPSA) is 20.3 Å². The minimum atomic E-state index is -1.54. The lowest BCUT2D eigenvalue weighted by Gasteiger charge is -2.19. The van der Waals surface area contributed by atoms with Gasteiger partial charge in [-0.15, -0.1) is 0 Å². The number of rotatable bonds is 2. The molecule has 0 atom stereocenters. The van der Waals surface area contributed by atoms with Gasteiger partial charge in [-0.05, 0) is 18.5 Å². The van der Waals surface area contributed by atoms with Gasteiger partial charge in [-0.3, -0.25) is 9.10 Å². The molecule has 0 saturated carbocycles. The second-order valence-electron chi connectivity index (χ2n) is 1.48. The fourth-order valence-corrected chi connectivity index (χ4v) is 1.77. The van der Waals surface area contributed by atoms with Gasteiger partial charge in [0, 0.05) is 18.5 Å². The molecule has 0 aliphatic heterocycles. The number of halogens is 4. The first-order valence-electron chi connectivity index (χ1n) is 2.59. The number of nitrogens with zero attached hydrogens (tertiary/aromatic N) is 1. The molecule has 0 bridgehead atoms. The van der Waals surface area contributed by atoms with Gasteiger partial charge >= 0.3 is 5.37 Å². The standard InChI is InChI=1S/C4H5Cl4NOS/c1-2-9(3(5)10)11-4(6,7)8/h2H2,1H3. The molecule has 1 amide bonds. The van der Waals surface area contributed by atoms with Crippen LogP contribution in [-0.4, -0.2) is 19.3 Å². The number of hydrogen-bond acceptors (Lipinski definition) is 2. The third-order valence-electron chi connectivity index (χ3n) is 0.697. The molecule has 0 heterocycles. The third kappa shape index (κ3) is 6.17. The number of carbonyl (C=O) groups excluding carboxylic acids is 1. The number of alkyl halides is 3. The van der Waals surface area contributed by atoms with E-state index in [2.05, 4.69) is 0 Å². The smallest absolute Gasteiger partial charge is 0.269 e. The zero-order valence-corrected chi connectivity index (χ0v) is 9.32. The second-order valence-corrected chi connectivity index (χ2v) is 6.00. The normalized spacial score (nSPS) is 11.4. The van der Waals surface area contributed by atoms with Crippen LogP contribution in [0.2, 0.25) is 0 Å². The Balaban J connectivity index is 3.99. The van der Waals surface area contributed by atoms with E-state index in [0.717, 1.165) is 16.3 Å². The van der Waals surface area contributed by atoms with E-state index in [-0.39, 0.29) is 0 Å². The van der Waals surface area contributed by atoms with Gasteiger partial charge in [0.25, 0.3) is 3.12 Å². The summed E-state index contributed by atoms with van der Waals surface area (Å²) in [6.45, 7) is 2.12. The highest BCUT2D eigenvalue weighted by molar-refractivity contribution is 8.03. The predicted octanol–water partition coefficient (Wildman–Crippen LogP) is 3.64. The summed E-state index contributed by atoms with van der Waals surface area (Å²) in [7, 11) is 0. The number of hydrogen-bond donors (Lipinski definition) is 0. The van der Waals surface area contributed by atoms with E-state index in [1.54, 1.807) is 6.92 Å². The number of carbonyl (C=O) groups is 1. The molecule has 11 heavy (non-hydrogen) atoms. The van der Waals surface area contributed by atoms with E-state index in [0.29, 0.717) is 6.54 Å². The van der Waals surface area contributed by atoms with Gasteiger partial charge in [-0.2, -0.15) is 0 Å². The Morgan fingerprint density at radius 2 is 2.00 bits per heavy atom. The van der Waals surface area contributed by atoms with Crippen molar-refractivity contribution < 1.29 is 4.79 Å². The van der Waals surface area contributed by atoms with E-state index in [1.807, 2.05) is 0 Å². The van der Waals surface area contributed by atoms with Crippen molar-refractivity contribution in [1.82, 2.24) is 4.31 Å². The van der Waals surface area contributed by atoms with Crippen LogP contribution in [0.1, 0.15) is 6.92 Å². The Bertz CT molecular complexity index is 148. The van der Waals surface area contributed by atoms with Gasteiger partial charge in [0.15, 0.2) is 0 Å². The molecule has 0 aliphatic carbocycles. The van der Waals surface area contributed by atoms with Crippen molar-refractivity contribution in [2.24, 2.45) is 0 Å². The van der Waals surface area contributed by atoms with Crippen LogP contribution >= 0.6 is 58.4 Å². The van der Waals surface area contributed by atoms with Gasteiger partial charge in [0.2, 0.25) is 0 Å². The average molecular weight is 257 g/mol. The SMILES string of the molecule is CCN(SC(Cl)(Cl)Cl)C(=O)Cl. The summed E-state index contributed by atoms with van der Waals surface area (Å²) in [6, 6.07) is 0. The van der Waals surface area contributed by atoms with E-state index < -0.39 is 8.49 Å². The minimum Gasteiger partial charge on any atom is -0.269 e. The molecule has 0 rings (SSSR count). The highest BCUT2D eigenvalue weighted by Gasteiger charge is 2.26. The fraction of sp³-hybridized carbons (Fsp3) is 0.750. The van der Waals surface area contributed by atoms with E-state index in [4.69, 9.17) is 46.4 Å². The molecule has 66 valence electrons. The lowest BCUT2D eigenvalue weighted by Crippen LogP contribution is -2.21. The lowest BCUT2D eigenvalue weighted by molar-refractivity contribution is 0.248. The van der Waals surface area contributed by atoms with Gasteiger partial charge in [-0.1, -0.05) is 34.8 Å². The first-order valence-corrected chi connectivity index (χ1v) is 4.88. The van der Waals surface area contributed by atoms with E-state index in [9.17, 15) is 4.79 Å². The molecule has 0 spiro atoms. The van der Waals surface area contributed by atoms with Crippen LogP contribution in [0.3, 0.4) is 0 Å². The quantitative estimate of drug-likeness (QED) is 0.325. The van der Waals surface area contributed by atoms with E-state index >= 15 is 0 Å². The van der Waals surface area contributed by atoms with Crippen LogP contribution in [0.4, 0.5) is 4.79 Å². The van der Waals surface area contributed by atoms with Gasteiger partial charge in [-0.25, -0.2) is 0 Å². The summed E-state index contributed by atoms with van der Waals surface area (Å²) >= 11 is 22.1. The van der Waals surface area contributed by atoms with Crippen LogP contribution in [0.5, 0.6) is 0 Å². The van der Waals surface area contributed by atoms with Crippen LogP contribution in [0, 0.1) is 0 Å². The van der Waals surface area contributed by atoms with Crippen LogP contribution in [-0.2, 0) is 0 Å². The summed E-state index contributed by atoms with van der Waals surface area (Å²) in [5.41, 5.74) is 0. The molecular weight excluding hydrogens is 252 g/mol. The molecule has 0 fully saturated rings. The third-order valence-corrected chi connectivity index (χ3v) is 2.47. The van der Waals surface area contributed by atoms with Gasteiger partial charge in [0.1, 0.15) is 0 Å². The average Bonchev–Trinajstić information content (AvgIpc) is 1.80. The first kappa shape index (κ1) is 12.0. The minimum absolute atomic E-state index is 0.390. The van der Waals surface area contributed by atoms with Gasteiger partial charge < -0.3 is 0 Å². The molecule has 2 nitrogen and oxygen atoms in total. The molecule has 0 radical (unpaired) electrons. The van der Waals surface area contributed by atoms with Crippen molar-refractivity contribution in [3.63, 3.8) is 0 Å². The van der Waals surface area contributed by atoms with Gasteiger partial charge in [0.05, 0.1) is 0 Å². The van der Waals surface area contributed by atoms with Crippen LogP contribution < -0.4 is 0 Å². The maximum atomic E-state index is 10.5. The molecule has 0 aromatic carbocycles. The van der Waals surface area contributed by atoms with Crippen molar-refractivity contribution in [1.29, 1.82) is 0 Å². The molecule has 0 aromatic rings. The van der Waals surface area contributed by atoms with Crippen molar-refractivity contribution in [2.45, 2.75) is 10.0 Å². The summed E-state index contributed by atoms with van der Waals surface area (Å²) in [5, 5.41) is -0.649. The zero-order valence-electron chi connectivity index (χ0n) is 5.48. The Morgan fingerprint density at radius 1 is 1.55 bits per heavy atom. The second kappa shape index (κ2) is 4.87. The van der Waals surface area contributed by atoms with Crippen molar-refractivity contribution in [2.75, 3.05) is 6.54 Å². The summed E-state index contributed by atoms with van der Waals surface area (Å²) in [5.74, 6) is 0. The fourth-order valence-electron chi connectivity index (χ4n) is 0.350. The summed E-state index contributed by atoms with van der Waals surface area (Å²) < 4.78 is -0.394. The maximum absolute atomic E-state index is 10.5. The highest BCUT2D eigenvalue weighted by atomic mass is 35.6. The Kier molecular flexibility index (Phi) is 5.31. The Morgan fingerprint density at radius 3 is 2.09 bits per heavy atom. The lowest BCUT2D eigenvalue weighted by atomic mass is 10.8. The van der Waals surface area contributed by atoms with Crippen molar-refractivity contribution >= 4 is 63.7 Å². The molecule has 7 heteroatoms. The Labute approximate surface area is 89.2 Å². The highest BCUT2D eigenvalue weighted by Crippen LogP contribution is 2.41. The molecule has 0 aliphatic rings. The largest absolute Gasteiger partial charge is 0.326 e. The van der Waals surface area contributed by atoms with E-state index in [1.165, 1.54) is 0 Å². The molecular formula is C4H5Cl4NOS.